The van der Waals surface area contributed by atoms with Crippen LogP contribution in [0.3, 0.4) is 0 Å². The zero-order valence-electron chi connectivity index (χ0n) is 9.99. The van der Waals surface area contributed by atoms with E-state index in [0.29, 0.717) is 6.42 Å². The van der Waals surface area contributed by atoms with Gasteiger partial charge in [-0.2, -0.15) is 0 Å². The number of benzene rings is 1. The lowest BCUT2D eigenvalue weighted by molar-refractivity contribution is -0.115. The molecular formula is C14H15NO2. The van der Waals surface area contributed by atoms with Crippen LogP contribution in [-0.2, 0) is 4.79 Å². The molecule has 0 aliphatic rings. The average Bonchev–Trinajstić information content (AvgIpc) is 2.85. The minimum absolute atomic E-state index is 0.0132. The van der Waals surface area contributed by atoms with Crippen molar-refractivity contribution in [2.75, 3.05) is 5.32 Å². The Morgan fingerprint density at radius 1 is 1.35 bits per heavy atom. The SMILES string of the molecule is CCC(=O)Nc1ccc(C)c(-c2ccco2)c1. The fourth-order valence-electron chi connectivity index (χ4n) is 1.65. The molecule has 0 saturated carbocycles. The molecule has 3 heteroatoms. The lowest BCUT2D eigenvalue weighted by Crippen LogP contribution is -2.09. The van der Waals surface area contributed by atoms with Gasteiger partial charge in [-0.05, 0) is 36.8 Å². The van der Waals surface area contributed by atoms with Crippen molar-refractivity contribution in [2.24, 2.45) is 0 Å². The molecule has 0 radical (unpaired) electrons. The molecule has 0 aliphatic carbocycles. The molecule has 3 nitrogen and oxygen atoms in total. The van der Waals surface area contributed by atoms with Crippen LogP contribution in [0.4, 0.5) is 5.69 Å². The highest BCUT2D eigenvalue weighted by atomic mass is 16.3. The molecule has 1 amide bonds. The second kappa shape index (κ2) is 4.87. The first-order valence-corrected chi connectivity index (χ1v) is 5.65. The Labute approximate surface area is 100 Å². The largest absolute Gasteiger partial charge is 0.464 e. The summed E-state index contributed by atoms with van der Waals surface area (Å²) in [5.74, 6) is 0.828. The fourth-order valence-corrected chi connectivity index (χ4v) is 1.65. The van der Waals surface area contributed by atoms with E-state index in [2.05, 4.69) is 5.32 Å². The van der Waals surface area contributed by atoms with Crippen molar-refractivity contribution in [1.29, 1.82) is 0 Å². The molecule has 2 rings (SSSR count). The minimum atomic E-state index is 0.0132. The summed E-state index contributed by atoms with van der Waals surface area (Å²) in [7, 11) is 0. The molecule has 17 heavy (non-hydrogen) atoms. The normalized spacial score (nSPS) is 10.2. The van der Waals surface area contributed by atoms with E-state index in [1.54, 1.807) is 6.26 Å². The molecule has 0 saturated heterocycles. The summed E-state index contributed by atoms with van der Waals surface area (Å²) in [5.41, 5.74) is 2.92. The summed E-state index contributed by atoms with van der Waals surface area (Å²) in [6.07, 6.45) is 2.12. The first-order chi connectivity index (χ1) is 8.20. The van der Waals surface area contributed by atoms with Crippen molar-refractivity contribution in [3.8, 4) is 11.3 Å². The molecule has 0 spiro atoms. The van der Waals surface area contributed by atoms with Gasteiger partial charge in [0.05, 0.1) is 6.26 Å². The van der Waals surface area contributed by atoms with E-state index < -0.39 is 0 Å². The topological polar surface area (TPSA) is 42.2 Å². The summed E-state index contributed by atoms with van der Waals surface area (Å²) < 4.78 is 5.37. The van der Waals surface area contributed by atoms with Crippen LogP contribution in [0.25, 0.3) is 11.3 Å². The van der Waals surface area contributed by atoms with Gasteiger partial charge in [0, 0.05) is 17.7 Å². The third-order valence-corrected chi connectivity index (χ3v) is 2.63. The van der Waals surface area contributed by atoms with Crippen molar-refractivity contribution >= 4 is 11.6 Å². The molecule has 1 heterocycles. The summed E-state index contributed by atoms with van der Waals surface area (Å²) in [5, 5.41) is 2.84. The van der Waals surface area contributed by atoms with Gasteiger partial charge in [0.2, 0.25) is 5.91 Å². The Bertz CT molecular complexity index is 515. The average molecular weight is 229 g/mol. The fraction of sp³-hybridized carbons (Fsp3) is 0.214. The van der Waals surface area contributed by atoms with E-state index in [1.165, 1.54) is 0 Å². The third kappa shape index (κ3) is 2.56. The van der Waals surface area contributed by atoms with Crippen LogP contribution in [0, 0.1) is 6.92 Å². The molecule has 0 aliphatic heterocycles. The van der Waals surface area contributed by atoms with Crippen LogP contribution in [0.1, 0.15) is 18.9 Å². The van der Waals surface area contributed by atoms with Crippen LogP contribution in [0.2, 0.25) is 0 Å². The Kier molecular flexibility index (Phi) is 3.28. The van der Waals surface area contributed by atoms with Crippen LogP contribution >= 0.6 is 0 Å². The number of rotatable bonds is 3. The quantitative estimate of drug-likeness (QED) is 0.873. The molecular weight excluding hydrogens is 214 g/mol. The highest BCUT2D eigenvalue weighted by Crippen LogP contribution is 2.26. The van der Waals surface area contributed by atoms with Crippen molar-refractivity contribution < 1.29 is 9.21 Å². The molecule has 2 aromatic rings. The predicted molar refractivity (Wildman–Crippen MR) is 67.8 cm³/mol. The highest BCUT2D eigenvalue weighted by molar-refractivity contribution is 5.91. The maximum atomic E-state index is 11.3. The number of furan rings is 1. The Hall–Kier alpha value is -2.03. The van der Waals surface area contributed by atoms with Crippen LogP contribution < -0.4 is 5.32 Å². The highest BCUT2D eigenvalue weighted by Gasteiger charge is 2.07. The van der Waals surface area contributed by atoms with Gasteiger partial charge in [-0.25, -0.2) is 0 Å². The van der Waals surface area contributed by atoms with E-state index in [-0.39, 0.29) is 5.91 Å². The number of aryl methyl sites for hydroxylation is 1. The van der Waals surface area contributed by atoms with Crippen molar-refractivity contribution in [3.05, 3.63) is 42.2 Å². The van der Waals surface area contributed by atoms with E-state index >= 15 is 0 Å². The maximum Gasteiger partial charge on any atom is 0.224 e. The molecule has 0 fully saturated rings. The van der Waals surface area contributed by atoms with E-state index in [1.807, 2.05) is 44.2 Å². The summed E-state index contributed by atoms with van der Waals surface area (Å²) in [6, 6.07) is 9.57. The molecule has 0 bridgehead atoms. The first-order valence-electron chi connectivity index (χ1n) is 5.65. The summed E-state index contributed by atoms with van der Waals surface area (Å²) >= 11 is 0. The van der Waals surface area contributed by atoms with Gasteiger partial charge in [-0.3, -0.25) is 4.79 Å². The summed E-state index contributed by atoms with van der Waals surface area (Å²) in [4.78, 5) is 11.3. The van der Waals surface area contributed by atoms with Crippen LogP contribution in [0.15, 0.2) is 41.0 Å². The molecule has 0 unspecified atom stereocenters. The minimum Gasteiger partial charge on any atom is -0.464 e. The van der Waals surface area contributed by atoms with Gasteiger partial charge in [-0.15, -0.1) is 0 Å². The number of carbonyl (C=O) groups is 1. The van der Waals surface area contributed by atoms with E-state index in [0.717, 1.165) is 22.6 Å². The monoisotopic (exact) mass is 229 g/mol. The van der Waals surface area contributed by atoms with Gasteiger partial charge in [0.25, 0.3) is 0 Å². The Morgan fingerprint density at radius 2 is 2.18 bits per heavy atom. The lowest BCUT2D eigenvalue weighted by atomic mass is 10.1. The lowest BCUT2D eigenvalue weighted by Gasteiger charge is -2.08. The predicted octanol–water partition coefficient (Wildman–Crippen LogP) is 3.60. The molecule has 88 valence electrons. The number of hydrogen-bond acceptors (Lipinski definition) is 2. The standard InChI is InChI=1S/C14H15NO2/c1-3-14(16)15-11-7-6-10(2)12(9-11)13-5-4-8-17-13/h4-9H,3H2,1-2H3,(H,15,16). The van der Waals surface area contributed by atoms with Gasteiger partial charge in [0.15, 0.2) is 0 Å². The van der Waals surface area contributed by atoms with Crippen molar-refractivity contribution in [1.82, 2.24) is 0 Å². The molecule has 1 aromatic heterocycles. The zero-order chi connectivity index (χ0) is 12.3. The maximum absolute atomic E-state index is 11.3. The van der Waals surface area contributed by atoms with Gasteiger partial charge >= 0.3 is 0 Å². The Morgan fingerprint density at radius 3 is 2.82 bits per heavy atom. The van der Waals surface area contributed by atoms with E-state index in [9.17, 15) is 4.79 Å². The third-order valence-electron chi connectivity index (χ3n) is 2.63. The van der Waals surface area contributed by atoms with Gasteiger partial charge in [-0.1, -0.05) is 13.0 Å². The molecule has 1 N–H and O–H groups in total. The van der Waals surface area contributed by atoms with Gasteiger partial charge in [0.1, 0.15) is 5.76 Å². The second-order valence-corrected chi connectivity index (χ2v) is 3.91. The van der Waals surface area contributed by atoms with Crippen LogP contribution in [0.5, 0.6) is 0 Å². The van der Waals surface area contributed by atoms with Crippen LogP contribution in [-0.4, -0.2) is 5.91 Å². The molecule has 1 aromatic carbocycles. The number of carbonyl (C=O) groups excluding carboxylic acids is 1. The Balaban J connectivity index is 2.33. The molecule has 0 atom stereocenters. The van der Waals surface area contributed by atoms with Crippen molar-refractivity contribution in [2.45, 2.75) is 20.3 Å². The number of hydrogen-bond donors (Lipinski definition) is 1. The van der Waals surface area contributed by atoms with Crippen molar-refractivity contribution in [3.63, 3.8) is 0 Å². The first kappa shape index (κ1) is 11.5. The number of anilines is 1. The number of nitrogens with one attached hydrogen (secondary N) is 1. The number of amides is 1. The van der Waals surface area contributed by atoms with Gasteiger partial charge < -0.3 is 9.73 Å². The zero-order valence-corrected chi connectivity index (χ0v) is 9.99. The van der Waals surface area contributed by atoms with E-state index in [4.69, 9.17) is 4.42 Å². The second-order valence-electron chi connectivity index (χ2n) is 3.91. The summed E-state index contributed by atoms with van der Waals surface area (Å²) in [6.45, 7) is 3.85. The smallest absolute Gasteiger partial charge is 0.224 e.